The molecule has 0 unspecified atom stereocenters. The van der Waals surface area contributed by atoms with Crippen LogP contribution in [-0.4, -0.2) is 77.4 Å². The van der Waals surface area contributed by atoms with Gasteiger partial charge in [-0.2, -0.15) is 15.0 Å². The Labute approximate surface area is 148 Å². The van der Waals surface area contributed by atoms with Gasteiger partial charge in [-0.05, 0) is 38.3 Å². The summed E-state index contributed by atoms with van der Waals surface area (Å²) in [6, 6.07) is 0.818. The van der Waals surface area contributed by atoms with Crippen LogP contribution in [0.3, 0.4) is 0 Å². The number of piperazine rings is 1. The Balaban J connectivity index is 1.53. The first-order valence-electron chi connectivity index (χ1n) is 8.79. The monoisotopic (exact) mass is 352 g/mol. The van der Waals surface area contributed by atoms with Crippen molar-refractivity contribution >= 4 is 23.5 Å². The predicted molar refractivity (Wildman–Crippen MR) is 93.9 cm³/mol. The number of halogens is 1. The lowest BCUT2D eigenvalue weighted by Crippen LogP contribution is -2.54. The summed E-state index contributed by atoms with van der Waals surface area (Å²) in [5, 5.41) is 0.266. The molecular weight excluding hydrogens is 328 g/mol. The Hall–Kier alpha value is -1.18. The zero-order valence-electron chi connectivity index (χ0n) is 14.4. The summed E-state index contributed by atoms with van der Waals surface area (Å²) in [5.74, 6) is 1.35. The van der Waals surface area contributed by atoms with Crippen molar-refractivity contribution in [2.24, 2.45) is 0 Å². The van der Waals surface area contributed by atoms with E-state index in [2.05, 4.69) is 38.5 Å². The molecule has 1 aliphatic carbocycles. The van der Waals surface area contributed by atoms with Crippen molar-refractivity contribution < 1.29 is 4.74 Å². The molecule has 4 rings (SSSR count). The van der Waals surface area contributed by atoms with E-state index in [1.807, 2.05) is 0 Å². The summed E-state index contributed by atoms with van der Waals surface area (Å²) >= 11 is 6.21. The van der Waals surface area contributed by atoms with E-state index in [1.54, 1.807) is 0 Å². The molecule has 0 aromatic carbocycles. The third kappa shape index (κ3) is 3.30. The molecule has 0 amide bonds. The summed E-state index contributed by atoms with van der Waals surface area (Å²) < 4.78 is 5.59. The Kier molecular flexibility index (Phi) is 4.26. The molecule has 1 saturated carbocycles. The van der Waals surface area contributed by atoms with Crippen LogP contribution in [-0.2, 0) is 4.74 Å². The van der Waals surface area contributed by atoms with Crippen LogP contribution in [0, 0.1) is 0 Å². The molecule has 1 aromatic heterocycles. The molecule has 2 saturated heterocycles. The van der Waals surface area contributed by atoms with Crippen molar-refractivity contribution in [3.63, 3.8) is 0 Å². The van der Waals surface area contributed by atoms with Gasteiger partial charge in [0.25, 0.3) is 0 Å². The molecule has 0 atom stereocenters. The zero-order chi connectivity index (χ0) is 16.7. The lowest BCUT2D eigenvalue weighted by atomic mass is 10.0. The quantitative estimate of drug-likeness (QED) is 0.815. The van der Waals surface area contributed by atoms with Crippen molar-refractivity contribution in [1.29, 1.82) is 0 Å². The van der Waals surface area contributed by atoms with Gasteiger partial charge < -0.3 is 14.5 Å². The normalized spacial score (nSPS) is 25.1. The fraction of sp³-hybridized carbons (Fsp3) is 0.812. The van der Waals surface area contributed by atoms with E-state index in [9.17, 15) is 0 Å². The molecule has 0 bridgehead atoms. The van der Waals surface area contributed by atoms with Crippen LogP contribution in [0.5, 0.6) is 0 Å². The van der Waals surface area contributed by atoms with E-state index in [-0.39, 0.29) is 10.8 Å². The predicted octanol–water partition coefficient (Wildman–Crippen LogP) is 1.42. The molecule has 3 aliphatic rings. The van der Waals surface area contributed by atoms with E-state index in [4.69, 9.17) is 21.3 Å². The largest absolute Gasteiger partial charge is 0.377 e. The van der Waals surface area contributed by atoms with Gasteiger partial charge in [0.15, 0.2) is 0 Å². The summed E-state index contributed by atoms with van der Waals surface area (Å²) in [4.78, 5) is 20.5. The Morgan fingerprint density at radius 2 is 1.71 bits per heavy atom. The van der Waals surface area contributed by atoms with Crippen LogP contribution in [0.25, 0.3) is 0 Å². The van der Waals surface area contributed by atoms with E-state index in [1.165, 1.54) is 12.8 Å². The second-order valence-electron chi connectivity index (χ2n) is 7.48. The van der Waals surface area contributed by atoms with Crippen molar-refractivity contribution in [2.45, 2.75) is 38.3 Å². The number of aromatic nitrogens is 3. The maximum Gasteiger partial charge on any atom is 0.232 e. The molecule has 7 nitrogen and oxygen atoms in total. The number of hydrogen-bond acceptors (Lipinski definition) is 7. The maximum absolute atomic E-state index is 6.21. The molecule has 8 heteroatoms. The van der Waals surface area contributed by atoms with Gasteiger partial charge in [-0.1, -0.05) is 0 Å². The summed E-state index contributed by atoms with van der Waals surface area (Å²) in [7, 11) is 0. The van der Waals surface area contributed by atoms with Crippen molar-refractivity contribution in [3.05, 3.63) is 5.28 Å². The summed E-state index contributed by atoms with van der Waals surface area (Å²) in [6.45, 7) is 10.4. The first kappa shape index (κ1) is 16.3. The second-order valence-corrected chi connectivity index (χ2v) is 7.81. The number of morpholine rings is 1. The first-order chi connectivity index (χ1) is 11.5. The van der Waals surface area contributed by atoms with Crippen molar-refractivity contribution in [2.75, 3.05) is 55.7 Å². The van der Waals surface area contributed by atoms with Crippen LogP contribution in [0.15, 0.2) is 0 Å². The van der Waals surface area contributed by atoms with Gasteiger partial charge in [0.1, 0.15) is 0 Å². The summed E-state index contributed by atoms with van der Waals surface area (Å²) in [5.41, 5.74) is -0.148. The van der Waals surface area contributed by atoms with Gasteiger partial charge in [0.05, 0.1) is 18.8 Å². The van der Waals surface area contributed by atoms with Gasteiger partial charge in [-0.3, -0.25) is 4.90 Å². The number of hydrogen-bond donors (Lipinski definition) is 0. The molecule has 0 radical (unpaired) electrons. The van der Waals surface area contributed by atoms with Crippen molar-refractivity contribution in [3.8, 4) is 0 Å². The van der Waals surface area contributed by atoms with E-state index >= 15 is 0 Å². The third-order valence-corrected chi connectivity index (χ3v) is 5.30. The van der Waals surface area contributed by atoms with Crippen LogP contribution in [0.1, 0.15) is 26.7 Å². The SMILES string of the molecule is CC1(C)COCCN1c1nc(Cl)nc(N2CCN(C3CC3)CC2)n1. The maximum atomic E-state index is 6.21. The molecule has 132 valence electrons. The fourth-order valence-corrected chi connectivity index (χ4v) is 3.70. The molecule has 0 spiro atoms. The Morgan fingerprint density at radius 3 is 2.38 bits per heavy atom. The van der Waals surface area contributed by atoms with Crippen LogP contribution in [0.2, 0.25) is 5.28 Å². The summed E-state index contributed by atoms with van der Waals surface area (Å²) in [6.07, 6.45) is 2.71. The number of rotatable bonds is 3. The lowest BCUT2D eigenvalue weighted by molar-refractivity contribution is 0.0633. The second kappa shape index (κ2) is 6.28. The Bertz CT molecular complexity index is 600. The first-order valence-corrected chi connectivity index (χ1v) is 9.17. The molecular formula is C16H25ClN6O. The molecule has 3 heterocycles. The molecule has 0 N–H and O–H groups in total. The molecule has 24 heavy (non-hydrogen) atoms. The minimum absolute atomic E-state index is 0.148. The number of ether oxygens (including phenoxy) is 1. The van der Waals surface area contributed by atoms with Gasteiger partial charge >= 0.3 is 0 Å². The van der Waals surface area contributed by atoms with Gasteiger partial charge in [-0.15, -0.1) is 0 Å². The number of nitrogens with zero attached hydrogens (tertiary/aromatic N) is 6. The number of anilines is 2. The van der Waals surface area contributed by atoms with Gasteiger partial charge in [-0.25, -0.2) is 0 Å². The minimum Gasteiger partial charge on any atom is -0.377 e. The van der Waals surface area contributed by atoms with E-state index in [0.29, 0.717) is 25.1 Å². The van der Waals surface area contributed by atoms with E-state index in [0.717, 1.165) is 38.8 Å². The molecule has 3 fully saturated rings. The van der Waals surface area contributed by atoms with Gasteiger partial charge in [0.2, 0.25) is 17.2 Å². The van der Waals surface area contributed by atoms with Crippen LogP contribution in [0.4, 0.5) is 11.9 Å². The topological polar surface area (TPSA) is 57.6 Å². The molecule has 2 aliphatic heterocycles. The smallest absolute Gasteiger partial charge is 0.232 e. The standard InChI is InChI=1S/C16H25ClN6O/c1-16(2)11-24-10-9-23(16)15-19-13(17)18-14(20-15)22-7-5-21(6-8-22)12-3-4-12/h12H,3-11H2,1-2H3. The van der Waals surface area contributed by atoms with Crippen molar-refractivity contribution in [1.82, 2.24) is 19.9 Å². The van der Waals surface area contributed by atoms with E-state index < -0.39 is 0 Å². The fourth-order valence-electron chi connectivity index (χ4n) is 3.55. The average molecular weight is 353 g/mol. The highest BCUT2D eigenvalue weighted by atomic mass is 35.5. The molecule has 1 aromatic rings. The third-order valence-electron chi connectivity index (χ3n) is 5.13. The highest BCUT2D eigenvalue weighted by Crippen LogP contribution is 2.29. The zero-order valence-corrected chi connectivity index (χ0v) is 15.2. The van der Waals surface area contributed by atoms with Crippen LogP contribution >= 0.6 is 11.6 Å². The highest BCUT2D eigenvalue weighted by Gasteiger charge is 2.34. The van der Waals surface area contributed by atoms with Crippen LogP contribution < -0.4 is 9.80 Å². The average Bonchev–Trinajstić information content (AvgIpc) is 3.39. The minimum atomic E-state index is -0.148. The lowest BCUT2D eigenvalue weighted by Gasteiger charge is -2.42. The highest BCUT2D eigenvalue weighted by molar-refractivity contribution is 6.28. The Morgan fingerprint density at radius 1 is 1.00 bits per heavy atom. The van der Waals surface area contributed by atoms with Gasteiger partial charge in [0, 0.05) is 38.8 Å².